The second-order valence-corrected chi connectivity index (χ2v) is 6.88. The van der Waals surface area contributed by atoms with Crippen LogP contribution in [0.25, 0.3) is 10.8 Å². The van der Waals surface area contributed by atoms with Gasteiger partial charge in [0, 0.05) is 21.1 Å². The fourth-order valence-corrected chi connectivity index (χ4v) is 3.00. The molecule has 7 heteroatoms. The molecule has 0 saturated heterocycles. The summed E-state index contributed by atoms with van der Waals surface area (Å²) in [7, 11) is 0. The highest BCUT2D eigenvalue weighted by molar-refractivity contribution is 9.10. The molecule has 6 nitrogen and oxygen atoms in total. The van der Waals surface area contributed by atoms with Crippen LogP contribution in [0, 0.1) is 0 Å². The zero-order valence-electron chi connectivity index (χ0n) is 15.4. The first-order valence-electron chi connectivity index (χ1n) is 8.74. The third kappa shape index (κ3) is 5.30. The summed E-state index contributed by atoms with van der Waals surface area (Å²) in [6.45, 7) is 3.95. The lowest BCUT2D eigenvalue weighted by Crippen LogP contribution is -2.32. The summed E-state index contributed by atoms with van der Waals surface area (Å²) in [6, 6.07) is 18.4. The Balaban J connectivity index is 1.67. The SMILES string of the molecule is C=CCOc1ccc(Br)cc1/C=N/NC(=O)C(=O)Nc1cccc2ccccc12. The molecule has 0 aliphatic carbocycles. The second kappa shape index (κ2) is 9.66. The molecule has 3 aromatic carbocycles. The summed E-state index contributed by atoms with van der Waals surface area (Å²) in [4.78, 5) is 24.3. The Labute approximate surface area is 176 Å². The van der Waals surface area contributed by atoms with E-state index in [2.05, 4.69) is 38.4 Å². The summed E-state index contributed by atoms with van der Waals surface area (Å²) in [5.41, 5.74) is 3.42. The van der Waals surface area contributed by atoms with Gasteiger partial charge in [0.15, 0.2) is 0 Å². The van der Waals surface area contributed by atoms with Crippen molar-refractivity contribution in [1.29, 1.82) is 0 Å². The van der Waals surface area contributed by atoms with Gasteiger partial charge in [0.05, 0.1) is 6.21 Å². The van der Waals surface area contributed by atoms with E-state index in [0.29, 0.717) is 23.6 Å². The number of carbonyl (C=O) groups excluding carboxylic acids is 2. The van der Waals surface area contributed by atoms with Crippen molar-refractivity contribution in [3.63, 3.8) is 0 Å². The van der Waals surface area contributed by atoms with Crippen LogP contribution in [-0.2, 0) is 9.59 Å². The molecule has 0 aromatic heterocycles. The number of amides is 2. The average molecular weight is 452 g/mol. The van der Waals surface area contributed by atoms with Crippen LogP contribution in [0.4, 0.5) is 5.69 Å². The first-order valence-corrected chi connectivity index (χ1v) is 9.53. The molecule has 2 N–H and O–H groups in total. The van der Waals surface area contributed by atoms with Crippen molar-refractivity contribution in [3.05, 3.63) is 83.4 Å². The number of hydrogen-bond acceptors (Lipinski definition) is 4. The maximum Gasteiger partial charge on any atom is 0.329 e. The largest absolute Gasteiger partial charge is 0.489 e. The van der Waals surface area contributed by atoms with Gasteiger partial charge in [0.1, 0.15) is 12.4 Å². The minimum atomic E-state index is -0.877. The Morgan fingerprint density at radius 1 is 1.07 bits per heavy atom. The molecule has 29 heavy (non-hydrogen) atoms. The Morgan fingerprint density at radius 2 is 1.86 bits per heavy atom. The monoisotopic (exact) mass is 451 g/mol. The van der Waals surface area contributed by atoms with Gasteiger partial charge in [0.2, 0.25) is 0 Å². The highest BCUT2D eigenvalue weighted by Crippen LogP contribution is 2.23. The zero-order chi connectivity index (χ0) is 20.6. The Kier molecular flexibility index (Phi) is 6.76. The number of nitrogens with one attached hydrogen (secondary N) is 2. The predicted molar refractivity (Wildman–Crippen MR) is 118 cm³/mol. The normalized spacial score (nSPS) is 10.7. The predicted octanol–water partition coefficient (Wildman–Crippen LogP) is 4.26. The molecule has 0 fully saturated rings. The highest BCUT2D eigenvalue weighted by atomic mass is 79.9. The summed E-state index contributed by atoms with van der Waals surface area (Å²) < 4.78 is 6.37. The van der Waals surface area contributed by atoms with Crippen LogP contribution in [0.3, 0.4) is 0 Å². The van der Waals surface area contributed by atoms with E-state index < -0.39 is 11.8 Å². The topological polar surface area (TPSA) is 79.8 Å². The van der Waals surface area contributed by atoms with Crippen LogP contribution in [-0.4, -0.2) is 24.6 Å². The van der Waals surface area contributed by atoms with Crippen LogP contribution in [0.1, 0.15) is 5.56 Å². The van der Waals surface area contributed by atoms with E-state index in [0.717, 1.165) is 15.2 Å². The van der Waals surface area contributed by atoms with Gasteiger partial charge in [-0.05, 0) is 29.7 Å². The Hall–Kier alpha value is -3.45. The molecule has 2 amide bonds. The highest BCUT2D eigenvalue weighted by Gasteiger charge is 2.14. The van der Waals surface area contributed by atoms with Gasteiger partial charge in [-0.2, -0.15) is 5.10 Å². The van der Waals surface area contributed by atoms with E-state index in [1.54, 1.807) is 24.3 Å². The number of hydrogen-bond donors (Lipinski definition) is 2. The first kappa shape index (κ1) is 20.3. The van der Waals surface area contributed by atoms with E-state index >= 15 is 0 Å². The number of anilines is 1. The van der Waals surface area contributed by atoms with Crippen LogP contribution < -0.4 is 15.5 Å². The van der Waals surface area contributed by atoms with Crippen LogP contribution in [0.5, 0.6) is 5.75 Å². The molecule has 0 atom stereocenters. The van der Waals surface area contributed by atoms with Crippen LogP contribution in [0.2, 0.25) is 0 Å². The molecule has 0 saturated carbocycles. The fraction of sp³-hybridized carbons (Fsp3) is 0.0455. The fourth-order valence-electron chi connectivity index (χ4n) is 2.63. The van der Waals surface area contributed by atoms with E-state index in [4.69, 9.17) is 4.74 Å². The molecule has 0 unspecified atom stereocenters. The van der Waals surface area contributed by atoms with Gasteiger partial charge in [-0.25, -0.2) is 5.43 Å². The molecule has 146 valence electrons. The molecule has 0 bridgehead atoms. The van der Waals surface area contributed by atoms with Gasteiger partial charge >= 0.3 is 11.8 Å². The van der Waals surface area contributed by atoms with Gasteiger partial charge in [0.25, 0.3) is 0 Å². The molecule has 0 aliphatic rings. The summed E-state index contributed by atoms with van der Waals surface area (Å²) in [5.74, 6) is -1.11. The number of ether oxygens (including phenoxy) is 1. The third-order valence-corrected chi connectivity index (χ3v) is 4.44. The second-order valence-electron chi connectivity index (χ2n) is 5.96. The number of rotatable bonds is 6. The zero-order valence-corrected chi connectivity index (χ0v) is 17.0. The van der Waals surface area contributed by atoms with Crippen molar-refractivity contribution in [2.75, 3.05) is 11.9 Å². The molecule has 3 rings (SSSR count). The number of carbonyl (C=O) groups is 2. The lowest BCUT2D eigenvalue weighted by molar-refractivity contribution is -0.136. The van der Waals surface area contributed by atoms with Crippen LogP contribution in [0.15, 0.2) is 82.9 Å². The number of fused-ring (bicyclic) bond motifs is 1. The maximum atomic E-state index is 12.2. The Morgan fingerprint density at radius 3 is 2.69 bits per heavy atom. The van der Waals surface area contributed by atoms with Gasteiger partial charge < -0.3 is 10.1 Å². The van der Waals surface area contributed by atoms with Gasteiger partial charge in [-0.3, -0.25) is 9.59 Å². The third-order valence-electron chi connectivity index (χ3n) is 3.94. The molecule has 0 spiro atoms. The first-order chi connectivity index (χ1) is 14.1. The van der Waals surface area contributed by atoms with Gasteiger partial charge in [-0.1, -0.05) is 65.0 Å². The molecule has 0 aliphatic heterocycles. The van der Waals surface area contributed by atoms with Crippen molar-refractivity contribution in [3.8, 4) is 5.75 Å². The summed E-state index contributed by atoms with van der Waals surface area (Å²) >= 11 is 3.38. The molecular formula is C22H18BrN3O3. The van der Waals surface area contributed by atoms with Crippen molar-refractivity contribution < 1.29 is 14.3 Å². The standard InChI is InChI=1S/C22H18BrN3O3/c1-2-12-29-20-11-10-17(23)13-16(20)14-24-26-22(28)21(27)25-19-9-5-7-15-6-3-4-8-18(15)19/h2-11,13-14H,1,12H2,(H,25,27)(H,26,28)/b24-14+. The van der Waals surface area contributed by atoms with Crippen molar-refractivity contribution in [2.24, 2.45) is 5.10 Å². The molecular weight excluding hydrogens is 434 g/mol. The molecule has 0 radical (unpaired) electrons. The Bertz CT molecular complexity index is 1090. The van der Waals surface area contributed by atoms with E-state index in [-0.39, 0.29) is 0 Å². The molecule has 0 heterocycles. The van der Waals surface area contributed by atoms with E-state index in [1.807, 2.05) is 42.5 Å². The van der Waals surface area contributed by atoms with Crippen molar-refractivity contribution in [2.45, 2.75) is 0 Å². The van der Waals surface area contributed by atoms with Gasteiger partial charge in [-0.15, -0.1) is 0 Å². The minimum absolute atomic E-state index is 0.336. The average Bonchev–Trinajstić information content (AvgIpc) is 2.73. The minimum Gasteiger partial charge on any atom is -0.489 e. The number of hydrazone groups is 1. The maximum absolute atomic E-state index is 12.2. The quantitative estimate of drug-likeness (QED) is 0.254. The number of halogens is 1. The van der Waals surface area contributed by atoms with E-state index in [9.17, 15) is 9.59 Å². The number of nitrogens with zero attached hydrogens (tertiary/aromatic N) is 1. The summed E-state index contributed by atoms with van der Waals surface area (Å²) in [6.07, 6.45) is 3.04. The smallest absolute Gasteiger partial charge is 0.329 e. The molecule has 3 aromatic rings. The van der Waals surface area contributed by atoms with E-state index in [1.165, 1.54) is 6.21 Å². The number of benzene rings is 3. The lowest BCUT2D eigenvalue weighted by atomic mass is 10.1. The lowest BCUT2D eigenvalue weighted by Gasteiger charge is -2.08. The van der Waals surface area contributed by atoms with Crippen molar-refractivity contribution >= 4 is 50.4 Å². The van der Waals surface area contributed by atoms with Crippen molar-refractivity contribution in [1.82, 2.24) is 5.43 Å². The van der Waals surface area contributed by atoms with Crippen LogP contribution >= 0.6 is 15.9 Å². The summed E-state index contributed by atoms with van der Waals surface area (Å²) in [5, 5.41) is 8.29.